The number of nitrogens with two attached hydrogens (primary N) is 1. The predicted octanol–water partition coefficient (Wildman–Crippen LogP) is 4.97. The average Bonchev–Trinajstić information content (AvgIpc) is 2.49. The lowest BCUT2D eigenvalue weighted by Crippen LogP contribution is -2.36. The van der Waals surface area contributed by atoms with Crippen molar-refractivity contribution in [3.8, 4) is 0 Å². The summed E-state index contributed by atoms with van der Waals surface area (Å²) in [7, 11) is 0. The Kier molecular flexibility index (Phi) is 10.3. The second kappa shape index (κ2) is 11.1. The number of hydrogen-bond donors (Lipinski definition) is 1. The van der Waals surface area contributed by atoms with Gasteiger partial charge in [0.2, 0.25) is 0 Å². The zero-order valence-electron chi connectivity index (χ0n) is 15.0. The quantitative estimate of drug-likeness (QED) is 0.546. The maximum Gasteiger partial charge on any atom is 0.0691 e. The Bertz CT molecular complexity index is 435. The van der Waals surface area contributed by atoms with Crippen LogP contribution in [0.15, 0.2) is 60.4 Å². The Balaban J connectivity index is 5.01. The monoisotopic (exact) mass is 302 g/mol. The van der Waals surface area contributed by atoms with Crippen LogP contribution in [0.4, 0.5) is 0 Å². The van der Waals surface area contributed by atoms with Gasteiger partial charge in [0.25, 0.3) is 0 Å². The molecule has 1 unspecified atom stereocenters. The summed E-state index contributed by atoms with van der Waals surface area (Å²) in [4.78, 5) is 2.28. The molecule has 124 valence electrons. The van der Waals surface area contributed by atoms with E-state index in [1.807, 2.05) is 13.0 Å². The molecule has 0 saturated heterocycles. The molecule has 2 nitrogen and oxygen atoms in total. The highest BCUT2D eigenvalue weighted by molar-refractivity contribution is 5.36. The smallest absolute Gasteiger partial charge is 0.0691 e. The van der Waals surface area contributed by atoms with Crippen molar-refractivity contribution in [2.45, 2.75) is 53.0 Å². The van der Waals surface area contributed by atoms with Gasteiger partial charge in [-0.1, -0.05) is 64.3 Å². The van der Waals surface area contributed by atoms with Gasteiger partial charge in [-0.25, -0.2) is 0 Å². The molecule has 1 atom stereocenters. The number of nitrogens with zero attached hydrogens (tertiary/aromatic N) is 1. The van der Waals surface area contributed by atoms with Crippen LogP contribution in [0.25, 0.3) is 0 Å². The Morgan fingerprint density at radius 3 is 2.00 bits per heavy atom. The van der Waals surface area contributed by atoms with Gasteiger partial charge in [-0.2, -0.15) is 0 Å². The van der Waals surface area contributed by atoms with E-state index in [-0.39, 0.29) is 6.04 Å². The van der Waals surface area contributed by atoms with Crippen LogP contribution in [0.5, 0.6) is 0 Å². The van der Waals surface area contributed by atoms with E-state index in [2.05, 4.69) is 57.6 Å². The molecule has 0 amide bonds. The lowest BCUT2D eigenvalue weighted by molar-refractivity contribution is 0.330. The van der Waals surface area contributed by atoms with E-state index in [4.69, 9.17) is 5.73 Å². The van der Waals surface area contributed by atoms with Gasteiger partial charge in [-0.3, -0.25) is 0 Å². The summed E-state index contributed by atoms with van der Waals surface area (Å²) in [5.41, 5.74) is 10.5. The standard InChI is InChI=1S/C20H34N2/c1-8-13-22(14-9-2)18(7)20(21)17(6)15-19(10-3)12-11-16(4)5/h11-12,15,20H,4,6-10,13-14,21H2,1-3,5H3/b12-11-,19-15-. The molecule has 2 heteroatoms. The van der Waals surface area contributed by atoms with E-state index in [0.717, 1.165) is 49.2 Å². The first-order valence-electron chi connectivity index (χ1n) is 8.29. The van der Waals surface area contributed by atoms with E-state index in [1.54, 1.807) is 0 Å². The molecular formula is C20H34N2. The second-order valence-electron chi connectivity index (χ2n) is 5.78. The van der Waals surface area contributed by atoms with Crippen LogP contribution < -0.4 is 5.73 Å². The van der Waals surface area contributed by atoms with E-state index < -0.39 is 0 Å². The molecule has 0 radical (unpaired) electrons. The summed E-state index contributed by atoms with van der Waals surface area (Å²) >= 11 is 0. The Morgan fingerprint density at radius 1 is 1.05 bits per heavy atom. The molecule has 0 heterocycles. The highest BCUT2D eigenvalue weighted by Crippen LogP contribution is 2.17. The van der Waals surface area contributed by atoms with E-state index in [1.165, 1.54) is 5.57 Å². The number of allylic oxidation sites excluding steroid dienone is 4. The van der Waals surface area contributed by atoms with Gasteiger partial charge < -0.3 is 10.6 Å². The molecule has 22 heavy (non-hydrogen) atoms. The summed E-state index contributed by atoms with van der Waals surface area (Å²) in [6.45, 7) is 22.7. The molecule has 0 aliphatic rings. The lowest BCUT2D eigenvalue weighted by Gasteiger charge is -2.30. The summed E-state index contributed by atoms with van der Waals surface area (Å²) in [5, 5.41) is 0. The second-order valence-corrected chi connectivity index (χ2v) is 5.78. The average molecular weight is 303 g/mol. The molecule has 0 aliphatic heterocycles. The number of hydrogen-bond acceptors (Lipinski definition) is 2. The van der Waals surface area contributed by atoms with Crippen LogP contribution in [0, 0.1) is 0 Å². The first-order valence-corrected chi connectivity index (χ1v) is 8.29. The molecule has 0 saturated carbocycles. The van der Waals surface area contributed by atoms with Gasteiger partial charge in [0.1, 0.15) is 0 Å². The normalized spacial score (nSPS) is 13.2. The van der Waals surface area contributed by atoms with E-state index >= 15 is 0 Å². The van der Waals surface area contributed by atoms with Crippen molar-refractivity contribution >= 4 is 0 Å². The zero-order valence-corrected chi connectivity index (χ0v) is 15.0. The molecule has 2 N–H and O–H groups in total. The third kappa shape index (κ3) is 7.46. The Morgan fingerprint density at radius 2 is 1.59 bits per heavy atom. The fourth-order valence-corrected chi connectivity index (χ4v) is 2.19. The molecule has 0 aromatic carbocycles. The highest BCUT2D eigenvalue weighted by Gasteiger charge is 2.15. The Hall–Kier alpha value is -1.54. The summed E-state index contributed by atoms with van der Waals surface area (Å²) in [6.07, 6.45) is 9.30. The summed E-state index contributed by atoms with van der Waals surface area (Å²) in [6, 6.07) is -0.224. The van der Waals surface area contributed by atoms with Gasteiger partial charge in [0, 0.05) is 18.8 Å². The SMILES string of the molecule is C=C(C)/C=C\C(=C/C(=C)C(N)C(=C)N(CCC)CCC)CC. The van der Waals surface area contributed by atoms with Crippen LogP contribution in [0.3, 0.4) is 0 Å². The van der Waals surface area contributed by atoms with Gasteiger partial charge in [0.15, 0.2) is 0 Å². The molecule has 0 rings (SSSR count). The van der Waals surface area contributed by atoms with E-state index in [9.17, 15) is 0 Å². The molecule has 0 aromatic rings. The van der Waals surface area contributed by atoms with Crippen LogP contribution in [0.1, 0.15) is 47.0 Å². The third-order valence-electron chi connectivity index (χ3n) is 3.51. The van der Waals surface area contributed by atoms with Gasteiger partial charge >= 0.3 is 0 Å². The van der Waals surface area contributed by atoms with Crippen molar-refractivity contribution < 1.29 is 0 Å². The van der Waals surface area contributed by atoms with Crippen LogP contribution >= 0.6 is 0 Å². The topological polar surface area (TPSA) is 29.3 Å². The molecule has 0 aromatic heterocycles. The molecule has 0 fully saturated rings. The highest BCUT2D eigenvalue weighted by atomic mass is 15.1. The molecule has 0 aliphatic carbocycles. The van der Waals surface area contributed by atoms with Crippen molar-refractivity contribution in [2.24, 2.45) is 5.73 Å². The zero-order chi connectivity index (χ0) is 17.1. The maximum absolute atomic E-state index is 6.35. The minimum absolute atomic E-state index is 0.224. The molecule has 0 spiro atoms. The van der Waals surface area contributed by atoms with Crippen molar-refractivity contribution in [3.63, 3.8) is 0 Å². The first kappa shape index (κ1) is 20.5. The molecular weight excluding hydrogens is 268 g/mol. The van der Waals surface area contributed by atoms with Crippen LogP contribution in [-0.4, -0.2) is 24.0 Å². The lowest BCUT2D eigenvalue weighted by atomic mass is 10.0. The van der Waals surface area contributed by atoms with E-state index in [0.29, 0.717) is 0 Å². The maximum atomic E-state index is 6.35. The van der Waals surface area contributed by atoms with Gasteiger partial charge in [-0.05, 0) is 37.3 Å². The first-order chi connectivity index (χ1) is 10.4. The fraction of sp³-hybridized carbons (Fsp3) is 0.500. The minimum Gasteiger partial charge on any atom is -0.374 e. The Labute approximate surface area is 137 Å². The van der Waals surface area contributed by atoms with Crippen LogP contribution in [0.2, 0.25) is 0 Å². The largest absolute Gasteiger partial charge is 0.374 e. The van der Waals surface area contributed by atoms with Crippen molar-refractivity contribution in [1.29, 1.82) is 0 Å². The fourth-order valence-electron chi connectivity index (χ4n) is 2.19. The van der Waals surface area contributed by atoms with Gasteiger partial charge in [0.05, 0.1) is 6.04 Å². The third-order valence-corrected chi connectivity index (χ3v) is 3.51. The summed E-state index contributed by atoms with van der Waals surface area (Å²) < 4.78 is 0. The van der Waals surface area contributed by atoms with Crippen molar-refractivity contribution in [3.05, 3.63) is 60.4 Å². The number of rotatable bonds is 11. The van der Waals surface area contributed by atoms with Crippen molar-refractivity contribution in [1.82, 2.24) is 4.90 Å². The molecule has 0 bridgehead atoms. The van der Waals surface area contributed by atoms with Crippen molar-refractivity contribution in [2.75, 3.05) is 13.1 Å². The summed E-state index contributed by atoms with van der Waals surface area (Å²) in [5.74, 6) is 0. The minimum atomic E-state index is -0.224. The predicted molar refractivity (Wildman–Crippen MR) is 101 cm³/mol. The van der Waals surface area contributed by atoms with Crippen LogP contribution in [-0.2, 0) is 0 Å². The van der Waals surface area contributed by atoms with Gasteiger partial charge in [-0.15, -0.1) is 0 Å².